The Morgan fingerprint density at radius 2 is 1.79 bits per heavy atom. The molecule has 2 aromatic carbocycles. The topological polar surface area (TPSA) is 125 Å². The van der Waals surface area contributed by atoms with E-state index in [1.165, 1.54) is 0 Å². The summed E-state index contributed by atoms with van der Waals surface area (Å²) in [6.45, 7) is 6.36. The van der Waals surface area contributed by atoms with E-state index in [0.717, 1.165) is 23.5 Å². The van der Waals surface area contributed by atoms with Gasteiger partial charge in [0.25, 0.3) is 0 Å². The van der Waals surface area contributed by atoms with Gasteiger partial charge in [-0.1, -0.05) is 23.4 Å². The number of aromatic nitrogens is 1. The lowest BCUT2D eigenvalue weighted by molar-refractivity contribution is -0.115. The summed E-state index contributed by atoms with van der Waals surface area (Å²) in [5.74, 6) is -0.397. The average Bonchev–Trinajstić information content (AvgIpc) is 3.21. The third kappa shape index (κ3) is 5.76. The number of nitrogens with one attached hydrogen (secondary N) is 2. The first kappa shape index (κ1) is 23.5. The van der Waals surface area contributed by atoms with Crippen LogP contribution in [0.3, 0.4) is 0 Å². The normalized spacial score (nSPS) is 10.5. The zero-order valence-corrected chi connectivity index (χ0v) is 18.9. The lowest BCUT2D eigenvalue weighted by Crippen LogP contribution is -2.21. The average molecular weight is 450 g/mol. The molecule has 0 bridgehead atoms. The Hall–Kier alpha value is -4.14. The zero-order chi connectivity index (χ0) is 24.1. The number of anilines is 3. The highest BCUT2D eigenvalue weighted by Crippen LogP contribution is 2.31. The molecule has 172 valence electrons. The maximum absolute atomic E-state index is 12.7. The number of hydrogen-bond donors (Lipinski definition) is 3. The molecule has 33 heavy (non-hydrogen) atoms. The summed E-state index contributed by atoms with van der Waals surface area (Å²) in [6.07, 6.45) is -1.66. The maximum atomic E-state index is 12.7. The molecule has 0 fully saturated rings. The summed E-state index contributed by atoms with van der Waals surface area (Å²) < 4.78 is 5.24. The number of carboxylic acid groups (broad SMARTS) is 1. The third-order valence-electron chi connectivity index (χ3n) is 5.16. The number of hydrogen-bond acceptors (Lipinski definition) is 6. The van der Waals surface area contributed by atoms with Gasteiger partial charge >= 0.3 is 6.09 Å². The molecule has 1 aromatic heterocycles. The van der Waals surface area contributed by atoms with Crippen LogP contribution >= 0.6 is 0 Å². The van der Waals surface area contributed by atoms with Crippen molar-refractivity contribution in [2.24, 2.45) is 0 Å². The maximum Gasteiger partial charge on any atom is 0.409 e. The number of carbonyl (C=O) groups excluding carboxylic acids is 2. The first-order chi connectivity index (χ1) is 15.7. The van der Waals surface area contributed by atoms with Gasteiger partial charge in [-0.05, 0) is 44.5 Å². The summed E-state index contributed by atoms with van der Waals surface area (Å²) in [6, 6.07) is 11.9. The molecule has 0 saturated carbocycles. The quantitative estimate of drug-likeness (QED) is 0.335. The van der Waals surface area contributed by atoms with Gasteiger partial charge in [0, 0.05) is 36.5 Å². The Kier molecular flexibility index (Phi) is 7.12. The predicted octanol–water partition coefficient (Wildman–Crippen LogP) is 4.72. The lowest BCUT2D eigenvalue weighted by Gasteiger charge is -2.22. The van der Waals surface area contributed by atoms with Gasteiger partial charge in [0.1, 0.15) is 0 Å². The molecule has 0 aliphatic rings. The van der Waals surface area contributed by atoms with Crippen LogP contribution < -0.4 is 15.5 Å². The molecule has 3 N–H and O–H groups in total. The second-order valence-corrected chi connectivity index (χ2v) is 7.69. The van der Waals surface area contributed by atoms with Crippen molar-refractivity contribution in [1.29, 1.82) is 0 Å². The van der Waals surface area contributed by atoms with Crippen molar-refractivity contribution in [3.63, 3.8) is 0 Å². The summed E-state index contributed by atoms with van der Waals surface area (Å²) in [4.78, 5) is 38.6. The van der Waals surface area contributed by atoms with Crippen LogP contribution in [-0.4, -0.2) is 41.6 Å². The monoisotopic (exact) mass is 450 g/mol. The fraction of sp³-hybridized carbons (Fsp3) is 0.250. The standard InChI is InChI=1S/C24H26N4O5/c1-5-28(4)20-12-19(26-24(31)32)18(9-14(20)2)25-23(30)13-21(29)16-7-6-8-17(11-16)22-10-15(3)27-33-22/h6-12,26H,5,13H2,1-4H3,(H,25,30)(H,31,32). The predicted molar refractivity (Wildman–Crippen MR) is 126 cm³/mol. The van der Waals surface area contributed by atoms with Gasteiger partial charge in [-0.15, -0.1) is 0 Å². The number of Topliss-reactive ketones (excluding diaryl/α,β-unsaturated/α-hetero) is 1. The molecule has 2 amide bonds. The van der Waals surface area contributed by atoms with Crippen molar-refractivity contribution in [2.75, 3.05) is 29.1 Å². The van der Waals surface area contributed by atoms with Crippen molar-refractivity contribution < 1.29 is 24.0 Å². The number of carbonyl (C=O) groups is 3. The molecule has 3 rings (SSSR count). The van der Waals surface area contributed by atoms with Crippen molar-refractivity contribution in [2.45, 2.75) is 27.2 Å². The Morgan fingerprint density at radius 3 is 2.42 bits per heavy atom. The molecule has 0 spiro atoms. The highest BCUT2D eigenvalue weighted by Gasteiger charge is 2.17. The van der Waals surface area contributed by atoms with Crippen LogP contribution in [0.2, 0.25) is 0 Å². The second-order valence-electron chi connectivity index (χ2n) is 7.69. The van der Waals surface area contributed by atoms with Crippen molar-refractivity contribution >= 4 is 34.8 Å². The molecular formula is C24H26N4O5. The summed E-state index contributed by atoms with van der Waals surface area (Å²) in [7, 11) is 1.89. The van der Waals surface area contributed by atoms with E-state index in [0.29, 0.717) is 16.9 Å². The van der Waals surface area contributed by atoms with Gasteiger partial charge in [0.05, 0.1) is 23.5 Å². The highest BCUT2D eigenvalue weighted by atomic mass is 16.5. The van der Waals surface area contributed by atoms with Crippen molar-refractivity contribution in [3.05, 3.63) is 59.3 Å². The van der Waals surface area contributed by atoms with Gasteiger partial charge in [-0.25, -0.2) is 4.79 Å². The van der Waals surface area contributed by atoms with E-state index in [2.05, 4.69) is 15.8 Å². The fourth-order valence-corrected chi connectivity index (χ4v) is 3.39. The number of rotatable bonds is 8. The molecule has 0 aliphatic heterocycles. The molecule has 1 heterocycles. The fourth-order valence-electron chi connectivity index (χ4n) is 3.39. The van der Waals surface area contributed by atoms with Crippen molar-refractivity contribution in [1.82, 2.24) is 5.16 Å². The zero-order valence-electron chi connectivity index (χ0n) is 18.9. The van der Waals surface area contributed by atoms with E-state index < -0.39 is 18.4 Å². The number of benzene rings is 2. The number of nitrogens with zero attached hydrogens (tertiary/aromatic N) is 2. The van der Waals surface area contributed by atoms with E-state index in [1.807, 2.05) is 25.8 Å². The molecular weight excluding hydrogens is 424 g/mol. The molecule has 0 saturated heterocycles. The molecule has 0 aliphatic carbocycles. The van der Waals surface area contributed by atoms with Crippen LogP contribution in [0.5, 0.6) is 0 Å². The van der Waals surface area contributed by atoms with E-state index in [1.54, 1.807) is 49.4 Å². The highest BCUT2D eigenvalue weighted by molar-refractivity contribution is 6.12. The first-order valence-corrected chi connectivity index (χ1v) is 10.4. The van der Waals surface area contributed by atoms with E-state index in [4.69, 9.17) is 4.52 Å². The first-order valence-electron chi connectivity index (χ1n) is 10.4. The van der Waals surface area contributed by atoms with Crippen LogP contribution in [0.4, 0.5) is 21.9 Å². The SMILES string of the molecule is CCN(C)c1cc(NC(=O)O)c(NC(=O)CC(=O)c2cccc(-c3cc(C)no3)c2)cc1C. The summed E-state index contributed by atoms with van der Waals surface area (Å²) >= 11 is 0. The van der Waals surface area contributed by atoms with Crippen LogP contribution in [0.1, 0.15) is 35.0 Å². The second kappa shape index (κ2) is 9.99. The number of aryl methyl sites for hydroxylation is 2. The number of amides is 2. The van der Waals surface area contributed by atoms with Gasteiger partial charge in [0.2, 0.25) is 5.91 Å². The molecule has 0 radical (unpaired) electrons. The Labute approximate surface area is 191 Å². The summed E-state index contributed by atoms with van der Waals surface area (Å²) in [5.41, 5.74) is 3.96. The Balaban J connectivity index is 1.78. The van der Waals surface area contributed by atoms with Crippen LogP contribution in [0, 0.1) is 13.8 Å². The van der Waals surface area contributed by atoms with Gasteiger partial charge in [0.15, 0.2) is 11.5 Å². The Bertz CT molecular complexity index is 1200. The lowest BCUT2D eigenvalue weighted by atomic mass is 10.0. The molecule has 9 heteroatoms. The van der Waals surface area contributed by atoms with Crippen molar-refractivity contribution in [3.8, 4) is 11.3 Å². The van der Waals surface area contributed by atoms with Crippen LogP contribution in [-0.2, 0) is 4.79 Å². The van der Waals surface area contributed by atoms with E-state index >= 15 is 0 Å². The smallest absolute Gasteiger partial charge is 0.409 e. The summed E-state index contributed by atoms with van der Waals surface area (Å²) in [5, 5.41) is 18.0. The third-order valence-corrected chi connectivity index (χ3v) is 5.16. The van der Waals surface area contributed by atoms with Gasteiger partial charge in [-0.3, -0.25) is 14.9 Å². The van der Waals surface area contributed by atoms with E-state index in [-0.39, 0.29) is 17.2 Å². The minimum absolute atomic E-state index is 0.229. The Morgan fingerprint density at radius 1 is 1.06 bits per heavy atom. The molecule has 3 aromatic rings. The van der Waals surface area contributed by atoms with Crippen LogP contribution in [0.15, 0.2) is 47.0 Å². The largest absolute Gasteiger partial charge is 0.465 e. The van der Waals surface area contributed by atoms with Gasteiger partial charge < -0.3 is 19.8 Å². The molecule has 0 unspecified atom stereocenters. The van der Waals surface area contributed by atoms with E-state index in [9.17, 15) is 19.5 Å². The minimum atomic E-state index is -1.25. The van der Waals surface area contributed by atoms with Crippen LogP contribution in [0.25, 0.3) is 11.3 Å². The van der Waals surface area contributed by atoms with Gasteiger partial charge in [-0.2, -0.15) is 0 Å². The molecule has 9 nitrogen and oxygen atoms in total. The number of ketones is 1. The molecule has 0 atom stereocenters. The minimum Gasteiger partial charge on any atom is -0.465 e.